The van der Waals surface area contributed by atoms with Gasteiger partial charge in [-0.15, -0.1) is 0 Å². The van der Waals surface area contributed by atoms with E-state index < -0.39 is 0 Å². The van der Waals surface area contributed by atoms with Crippen molar-refractivity contribution in [2.24, 2.45) is 5.92 Å². The molecule has 0 heterocycles. The minimum Gasteiger partial charge on any atom is -0.300 e. The number of benzene rings is 1. The number of allylic oxidation sites excluding steroid dienone is 4. The van der Waals surface area contributed by atoms with Crippen LogP contribution >= 0.6 is 0 Å². The largest absolute Gasteiger partial charge is 0.300 e. The van der Waals surface area contributed by atoms with Gasteiger partial charge in [0.2, 0.25) is 0 Å². The van der Waals surface area contributed by atoms with E-state index in [0.717, 1.165) is 0 Å². The maximum Gasteiger partial charge on any atom is 0.133 e. The van der Waals surface area contributed by atoms with E-state index in [1.807, 2.05) is 0 Å². The third kappa shape index (κ3) is 4.26. The molecule has 2 unspecified atom stereocenters. The minimum absolute atomic E-state index is 0.00477. The van der Waals surface area contributed by atoms with Crippen LogP contribution in [0.4, 0.5) is 8.78 Å². The fraction of sp³-hybridized carbons (Fsp3) is 0.235. The van der Waals surface area contributed by atoms with Crippen molar-refractivity contribution >= 4 is 5.78 Å². The Balaban J connectivity index is 3.15. The molecule has 0 bridgehead atoms. The van der Waals surface area contributed by atoms with Crippen LogP contribution in [-0.2, 0) is 4.79 Å². The molecule has 20 heavy (non-hydrogen) atoms. The van der Waals surface area contributed by atoms with E-state index in [0.29, 0.717) is 17.5 Å². The third-order valence-corrected chi connectivity index (χ3v) is 3.24. The minimum atomic E-state index is -0.358. The van der Waals surface area contributed by atoms with Crippen molar-refractivity contribution in [1.29, 1.82) is 0 Å². The average Bonchev–Trinajstić information content (AvgIpc) is 2.39. The van der Waals surface area contributed by atoms with Gasteiger partial charge in [-0.2, -0.15) is 0 Å². The summed E-state index contributed by atoms with van der Waals surface area (Å²) in [6, 6.07) is 6.11. The summed E-state index contributed by atoms with van der Waals surface area (Å²) in [7, 11) is 0. The van der Waals surface area contributed by atoms with Gasteiger partial charge in [0.15, 0.2) is 0 Å². The van der Waals surface area contributed by atoms with Crippen LogP contribution in [0.15, 0.2) is 61.0 Å². The molecule has 0 saturated heterocycles. The molecule has 0 saturated carbocycles. The second-order valence-corrected chi connectivity index (χ2v) is 4.68. The molecule has 3 heteroatoms. The van der Waals surface area contributed by atoms with Crippen LogP contribution in [0.2, 0.25) is 0 Å². The van der Waals surface area contributed by atoms with Gasteiger partial charge in [0.25, 0.3) is 0 Å². The lowest BCUT2D eigenvalue weighted by Gasteiger charge is -2.23. The molecular weight excluding hydrogens is 258 g/mol. The summed E-state index contributed by atoms with van der Waals surface area (Å²) in [6.07, 6.45) is 4.77. The first-order chi connectivity index (χ1) is 9.47. The predicted molar refractivity (Wildman–Crippen MR) is 77.5 cm³/mol. The summed E-state index contributed by atoms with van der Waals surface area (Å²) in [5.41, 5.74) is 1.32. The highest BCUT2D eigenvalue weighted by atomic mass is 19.1. The molecule has 0 aliphatic rings. The normalized spacial score (nSPS) is 14.6. The first-order valence-corrected chi connectivity index (χ1v) is 6.35. The Bertz CT molecular complexity index is 544. The molecule has 106 valence electrons. The van der Waals surface area contributed by atoms with Crippen molar-refractivity contribution in [3.05, 3.63) is 72.4 Å². The number of hydrogen-bond donors (Lipinski definition) is 0. The zero-order valence-corrected chi connectivity index (χ0v) is 11.6. The van der Waals surface area contributed by atoms with Crippen molar-refractivity contribution in [2.45, 2.75) is 19.8 Å². The number of hydrogen-bond acceptors (Lipinski definition) is 1. The van der Waals surface area contributed by atoms with Gasteiger partial charge in [0.05, 0.1) is 6.33 Å². The van der Waals surface area contributed by atoms with E-state index in [1.165, 1.54) is 31.2 Å². The zero-order chi connectivity index (χ0) is 15.1. The van der Waals surface area contributed by atoms with Crippen LogP contribution < -0.4 is 0 Å². The lowest BCUT2D eigenvalue weighted by Crippen LogP contribution is -2.18. The Hall–Kier alpha value is -2.03. The Kier molecular flexibility index (Phi) is 6.04. The number of ketones is 1. The van der Waals surface area contributed by atoms with Gasteiger partial charge in [-0.05, 0) is 36.3 Å². The Labute approximate surface area is 118 Å². The molecule has 0 fully saturated rings. The van der Waals surface area contributed by atoms with Gasteiger partial charge in [0.1, 0.15) is 11.6 Å². The molecule has 0 aliphatic heterocycles. The molecular formula is C17H18F2O. The Morgan fingerprint density at radius 1 is 1.35 bits per heavy atom. The number of Topliss-reactive ketones (excluding diaryl/α,β-unsaturated/α-hetero) is 1. The van der Waals surface area contributed by atoms with Crippen LogP contribution in [0.1, 0.15) is 25.3 Å². The van der Waals surface area contributed by atoms with Crippen molar-refractivity contribution < 1.29 is 13.6 Å². The van der Waals surface area contributed by atoms with Crippen LogP contribution in [0, 0.1) is 11.7 Å². The standard InChI is InChI=1S/C17H18F2O/c1-12(7-4-5-10-18)17(13(2)14(3)20)15-8-6-9-16(19)11-15/h4-11,13,17H,1H2,2-3H3/b7-4-,10-5+. The van der Waals surface area contributed by atoms with E-state index in [9.17, 15) is 13.6 Å². The molecule has 1 nitrogen and oxygen atoms in total. The molecule has 0 aliphatic carbocycles. The number of carbonyl (C=O) groups excluding carboxylic acids is 1. The maximum atomic E-state index is 13.4. The highest BCUT2D eigenvalue weighted by Crippen LogP contribution is 2.32. The lowest BCUT2D eigenvalue weighted by atomic mass is 9.80. The van der Waals surface area contributed by atoms with Crippen molar-refractivity contribution in [3.8, 4) is 0 Å². The molecule has 0 spiro atoms. The lowest BCUT2D eigenvalue weighted by molar-refractivity contribution is -0.120. The van der Waals surface area contributed by atoms with Crippen molar-refractivity contribution in [2.75, 3.05) is 0 Å². The molecule has 1 aromatic rings. The topological polar surface area (TPSA) is 17.1 Å². The van der Waals surface area contributed by atoms with Crippen LogP contribution in [0.25, 0.3) is 0 Å². The second kappa shape index (κ2) is 7.53. The van der Waals surface area contributed by atoms with Crippen LogP contribution in [-0.4, -0.2) is 5.78 Å². The molecule has 2 atom stereocenters. The van der Waals surface area contributed by atoms with Crippen molar-refractivity contribution in [1.82, 2.24) is 0 Å². The van der Waals surface area contributed by atoms with E-state index in [4.69, 9.17) is 0 Å². The SMILES string of the molecule is C=C(/C=C\C=C\F)C(c1cccc(F)c1)C(C)C(C)=O. The maximum absolute atomic E-state index is 13.4. The smallest absolute Gasteiger partial charge is 0.133 e. The molecule has 0 aromatic heterocycles. The van der Waals surface area contributed by atoms with Crippen molar-refractivity contribution in [3.63, 3.8) is 0 Å². The highest BCUT2D eigenvalue weighted by Gasteiger charge is 2.24. The van der Waals surface area contributed by atoms with Gasteiger partial charge >= 0.3 is 0 Å². The first-order valence-electron chi connectivity index (χ1n) is 6.35. The quantitative estimate of drug-likeness (QED) is 0.686. The van der Waals surface area contributed by atoms with Gasteiger partial charge in [-0.25, -0.2) is 8.78 Å². The monoisotopic (exact) mass is 276 g/mol. The molecule has 0 N–H and O–H groups in total. The molecule has 1 rings (SSSR count). The summed E-state index contributed by atoms with van der Waals surface area (Å²) in [4.78, 5) is 11.6. The summed E-state index contributed by atoms with van der Waals surface area (Å²) in [5, 5.41) is 0. The number of halogens is 2. The van der Waals surface area contributed by atoms with E-state index in [-0.39, 0.29) is 23.4 Å². The molecule has 0 amide bonds. The molecule has 0 radical (unpaired) electrons. The first kappa shape index (κ1) is 16.0. The second-order valence-electron chi connectivity index (χ2n) is 4.68. The van der Waals surface area contributed by atoms with E-state index in [1.54, 1.807) is 25.1 Å². The van der Waals surface area contributed by atoms with Gasteiger partial charge < -0.3 is 0 Å². The van der Waals surface area contributed by atoms with E-state index >= 15 is 0 Å². The fourth-order valence-electron chi connectivity index (χ4n) is 2.08. The van der Waals surface area contributed by atoms with Crippen LogP contribution in [0.5, 0.6) is 0 Å². The van der Waals surface area contributed by atoms with Gasteiger partial charge in [-0.3, -0.25) is 4.79 Å². The summed E-state index contributed by atoms with van der Waals surface area (Å²) >= 11 is 0. The van der Waals surface area contributed by atoms with Crippen LogP contribution in [0.3, 0.4) is 0 Å². The number of rotatable bonds is 6. The van der Waals surface area contributed by atoms with E-state index in [2.05, 4.69) is 6.58 Å². The molecule has 1 aromatic carbocycles. The summed E-state index contributed by atoms with van der Waals surface area (Å²) in [5.74, 6) is -1.02. The third-order valence-electron chi connectivity index (χ3n) is 3.24. The van der Waals surface area contributed by atoms with Gasteiger partial charge in [-0.1, -0.05) is 37.8 Å². The Morgan fingerprint density at radius 2 is 2.05 bits per heavy atom. The zero-order valence-electron chi connectivity index (χ0n) is 11.6. The highest BCUT2D eigenvalue weighted by molar-refractivity contribution is 5.79. The summed E-state index contributed by atoms with van der Waals surface area (Å²) in [6.45, 7) is 7.19. The fourth-order valence-corrected chi connectivity index (χ4v) is 2.08. The van der Waals surface area contributed by atoms with Gasteiger partial charge in [0, 0.05) is 11.8 Å². The Morgan fingerprint density at radius 3 is 2.60 bits per heavy atom. The predicted octanol–water partition coefficient (Wildman–Crippen LogP) is 4.73. The number of carbonyl (C=O) groups is 1. The average molecular weight is 276 g/mol. The summed E-state index contributed by atoms with van der Waals surface area (Å²) < 4.78 is 25.3.